The number of rotatable bonds is 4. The molecule has 5 aromatic carbocycles. The quantitative estimate of drug-likeness (QED) is 0.0940. The second-order valence-corrected chi connectivity index (χ2v) is 12.4. The van der Waals surface area contributed by atoms with Crippen molar-refractivity contribution < 1.29 is 75.2 Å². The molecule has 16 nitrogen and oxygen atoms in total. The molecule has 268 valence electrons. The van der Waals surface area contributed by atoms with E-state index in [9.17, 15) is 65.8 Å². The molecule has 0 aromatic heterocycles. The maximum absolute atomic E-state index is 13.6. The Bertz CT molecular complexity index is 2370. The Morgan fingerprint density at radius 3 is 1.79 bits per heavy atom. The van der Waals surface area contributed by atoms with Crippen molar-refractivity contribution in [1.29, 1.82) is 0 Å². The van der Waals surface area contributed by atoms with Crippen molar-refractivity contribution in [1.82, 2.24) is 0 Å². The van der Waals surface area contributed by atoms with Crippen molar-refractivity contribution in [3.05, 3.63) is 92.6 Å². The fourth-order valence-corrected chi connectivity index (χ4v) is 6.53. The minimum absolute atomic E-state index is 0.0376. The van der Waals surface area contributed by atoms with Gasteiger partial charge in [-0.2, -0.15) is 0 Å². The van der Waals surface area contributed by atoms with E-state index in [4.69, 9.17) is 14.2 Å². The maximum atomic E-state index is 13.6. The molecular weight excluding hydrogens is 688 g/mol. The highest BCUT2D eigenvalue weighted by Crippen LogP contribution is 2.48. The third-order valence-corrected chi connectivity index (χ3v) is 8.98. The van der Waals surface area contributed by atoms with Gasteiger partial charge in [-0.25, -0.2) is 4.79 Å². The fraction of sp³-hybridized carbons (Fsp3) is 0.167. The number of hydrogen-bond acceptors (Lipinski definition) is 16. The zero-order chi connectivity index (χ0) is 37.3. The summed E-state index contributed by atoms with van der Waals surface area (Å²) in [5.41, 5.74) is -1.58. The normalized spacial score (nSPS) is 19.2. The first-order valence-electron chi connectivity index (χ1n) is 15.4. The average Bonchev–Trinajstić information content (AvgIpc) is 3.20. The van der Waals surface area contributed by atoms with Crippen LogP contribution >= 0.6 is 0 Å². The molecule has 0 saturated heterocycles. The topological polar surface area (TPSA) is 284 Å². The summed E-state index contributed by atoms with van der Waals surface area (Å²) >= 11 is 0. The first-order valence-corrected chi connectivity index (χ1v) is 15.4. The fourth-order valence-electron chi connectivity index (χ4n) is 6.53. The summed E-state index contributed by atoms with van der Waals surface area (Å²) < 4.78 is 17.8. The molecule has 11 N–H and O–H groups in total. The molecule has 0 amide bonds. The third kappa shape index (κ3) is 5.56. The van der Waals surface area contributed by atoms with E-state index < -0.39 is 92.8 Å². The Morgan fingerprint density at radius 1 is 0.615 bits per heavy atom. The predicted octanol–water partition coefficient (Wildman–Crippen LogP) is 3.19. The SMILES string of the molecule is O=C(O[C@@H]1Cc2c(O)cc(O)cc2O[C@H]1c1cc(O)c(=O)c2c(O)c(O)cc([C@H]3Oc4cc(O)cc(O)c4C[C@H]3O)c2c1)c1cc(O)c(O)c(O)c1. The molecule has 0 fully saturated rings. The monoisotopic (exact) mass is 716 g/mol. The highest BCUT2D eigenvalue weighted by Gasteiger charge is 2.39. The van der Waals surface area contributed by atoms with Gasteiger partial charge < -0.3 is 70.4 Å². The summed E-state index contributed by atoms with van der Waals surface area (Å²) in [5.74, 6) is -8.17. The van der Waals surface area contributed by atoms with Gasteiger partial charge in [-0.05, 0) is 35.7 Å². The minimum Gasteiger partial charge on any atom is -0.508 e. The van der Waals surface area contributed by atoms with Gasteiger partial charge in [-0.3, -0.25) is 4.79 Å². The van der Waals surface area contributed by atoms with Crippen LogP contribution in [0.1, 0.15) is 44.8 Å². The molecule has 0 bridgehead atoms. The van der Waals surface area contributed by atoms with E-state index in [0.29, 0.717) is 0 Å². The van der Waals surface area contributed by atoms with Crippen LogP contribution in [0.15, 0.2) is 59.4 Å². The Labute approximate surface area is 290 Å². The summed E-state index contributed by atoms with van der Waals surface area (Å²) in [6.45, 7) is 0. The summed E-state index contributed by atoms with van der Waals surface area (Å²) in [6, 6.07) is 9.20. The molecule has 0 unspecified atom stereocenters. The number of phenols is 9. The van der Waals surface area contributed by atoms with E-state index in [1.54, 1.807) is 0 Å². The van der Waals surface area contributed by atoms with E-state index in [-0.39, 0.29) is 63.5 Å². The highest BCUT2D eigenvalue weighted by atomic mass is 16.6. The number of carbonyl (C=O) groups excluding carboxylic acids is 1. The molecule has 2 aliphatic rings. The lowest BCUT2D eigenvalue weighted by Crippen LogP contribution is -2.34. The van der Waals surface area contributed by atoms with Crippen LogP contribution in [0.4, 0.5) is 0 Å². The molecule has 0 saturated carbocycles. The van der Waals surface area contributed by atoms with Crippen LogP contribution in [0.5, 0.6) is 69.0 Å². The van der Waals surface area contributed by atoms with Gasteiger partial charge in [0.05, 0.1) is 17.1 Å². The number of benzene rings is 4. The van der Waals surface area contributed by atoms with Gasteiger partial charge in [-0.15, -0.1) is 0 Å². The summed E-state index contributed by atoms with van der Waals surface area (Å²) in [7, 11) is 0. The van der Waals surface area contributed by atoms with Crippen molar-refractivity contribution >= 4 is 16.7 Å². The van der Waals surface area contributed by atoms with Gasteiger partial charge in [0.1, 0.15) is 40.6 Å². The molecule has 5 aromatic rings. The molecule has 0 radical (unpaired) electrons. The number of ether oxygens (including phenoxy) is 3. The molecule has 2 heterocycles. The Kier molecular flexibility index (Phi) is 7.83. The van der Waals surface area contributed by atoms with Crippen LogP contribution in [0.2, 0.25) is 0 Å². The van der Waals surface area contributed by atoms with Crippen LogP contribution in [0.25, 0.3) is 10.8 Å². The minimum atomic E-state index is -1.48. The number of esters is 1. The van der Waals surface area contributed by atoms with Crippen LogP contribution in [-0.4, -0.2) is 74.3 Å². The molecular formula is C36H28O16. The van der Waals surface area contributed by atoms with Crippen LogP contribution in [0, 0.1) is 0 Å². The number of aromatic hydroxyl groups is 10. The van der Waals surface area contributed by atoms with Crippen LogP contribution in [0.3, 0.4) is 0 Å². The van der Waals surface area contributed by atoms with E-state index in [0.717, 1.165) is 42.5 Å². The first-order chi connectivity index (χ1) is 24.6. The highest BCUT2D eigenvalue weighted by molar-refractivity contribution is 5.94. The van der Waals surface area contributed by atoms with Crippen molar-refractivity contribution in [3.8, 4) is 69.0 Å². The van der Waals surface area contributed by atoms with E-state index in [1.807, 2.05) is 0 Å². The average molecular weight is 717 g/mol. The summed E-state index contributed by atoms with van der Waals surface area (Å²) in [5, 5.41) is 114. The van der Waals surface area contributed by atoms with E-state index >= 15 is 0 Å². The number of fused-ring (bicyclic) bond motifs is 3. The zero-order valence-corrected chi connectivity index (χ0v) is 26.4. The second-order valence-electron chi connectivity index (χ2n) is 12.4. The second kappa shape index (κ2) is 12.1. The lowest BCUT2D eigenvalue weighted by molar-refractivity contribution is -0.0188. The molecule has 16 heteroatoms. The molecule has 0 spiro atoms. The standard InChI is InChI=1S/C36H28O16/c37-14-5-20(39)18-10-26(45)35(51-27(18)7-14)17-9-25(44)33(48)30-16(17)1-12(2-24(43)32(30)47)34-29(11-19-21(40)6-15(38)8-28(19)50-34)52-36(49)13-3-22(41)31(46)23(42)4-13/h1-9,26,29,34-35,37-42,44-46,48H,10-11H2,(H,43,47)/t26-,29-,34+,35-/m1/s1. The van der Waals surface area contributed by atoms with Crippen LogP contribution < -0.4 is 14.9 Å². The molecule has 2 aliphatic heterocycles. The van der Waals surface area contributed by atoms with Crippen molar-refractivity contribution in [2.45, 2.75) is 37.3 Å². The Hall–Kier alpha value is -6.94. The predicted molar refractivity (Wildman–Crippen MR) is 176 cm³/mol. The first kappa shape index (κ1) is 33.6. The van der Waals surface area contributed by atoms with Gasteiger partial charge >= 0.3 is 5.97 Å². The Morgan fingerprint density at radius 2 is 1.17 bits per heavy atom. The van der Waals surface area contributed by atoms with Gasteiger partial charge in [0, 0.05) is 59.4 Å². The third-order valence-electron chi connectivity index (χ3n) is 8.98. The van der Waals surface area contributed by atoms with Crippen molar-refractivity contribution in [2.24, 2.45) is 0 Å². The lowest BCUT2D eigenvalue weighted by Gasteiger charge is -2.34. The van der Waals surface area contributed by atoms with E-state index in [2.05, 4.69) is 0 Å². The number of hydrogen-bond donors (Lipinski definition) is 11. The van der Waals surface area contributed by atoms with E-state index in [1.165, 1.54) is 12.1 Å². The number of carbonyl (C=O) groups is 1. The smallest absolute Gasteiger partial charge is 0.338 e. The molecule has 0 aliphatic carbocycles. The van der Waals surface area contributed by atoms with Crippen LogP contribution in [-0.2, 0) is 17.6 Å². The largest absolute Gasteiger partial charge is 0.508 e. The van der Waals surface area contributed by atoms with Gasteiger partial charge in [0.15, 0.2) is 46.7 Å². The molecule has 52 heavy (non-hydrogen) atoms. The van der Waals surface area contributed by atoms with Gasteiger partial charge in [-0.1, -0.05) is 0 Å². The van der Waals surface area contributed by atoms with Crippen molar-refractivity contribution in [3.63, 3.8) is 0 Å². The number of aliphatic hydroxyl groups is 1. The van der Waals surface area contributed by atoms with Gasteiger partial charge in [0.2, 0.25) is 5.43 Å². The molecule has 7 rings (SSSR count). The molecule has 4 atom stereocenters. The number of aliphatic hydroxyl groups excluding tert-OH is 1. The summed E-state index contributed by atoms with van der Waals surface area (Å²) in [4.78, 5) is 27.0. The van der Waals surface area contributed by atoms with Crippen molar-refractivity contribution in [2.75, 3.05) is 0 Å². The zero-order valence-electron chi connectivity index (χ0n) is 26.4. The maximum Gasteiger partial charge on any atom is 0.338 e. The number of phenolic OH excluding ortho intramolecular Hbond substituents is 9. The lowest BCUT2D eigenvalue weighted by atomic mass is 9.90. The summed E-state index contributed by atoms with van der Waals surface area (Å²) in [6.07, 6.45) is -6.28. The van der Waals surface area contributed by atoms with Gasteiger partial charge in [0.25, 0.3) is 0 Å². The Balaban J connectivity index is 1.41.